The van der Waals surface area contributed by atoms with E-state index in [0.29, 0.717) is 11.4 Å². The molecule has 14 nitrogen and oxygen atoms in total. The summed E-state index contributed by atoms with van der Waals surface area (Å²) in [5.41, 5.74) is 0.449. The number of nitrogens with zero attached hydrogens (tertiary/aromatic N) is 4. The zero-order valence-electron chi connectivity index (χ0n) is 21.1. The molecule has 0 saturated carbocycles. The number of amides is 4. The van der Waals surface area contributed by atoms with Crippen LogP contribution in [0.2, 0.25) is 0 Å². The Kier molecular flexibility index (Phi) is 9.61. The molecule has 0 bridgehead atoms. The molecule has 0 atom stereocenters. The maximum absolute atomic E-state index is 13.1. The fourth-order valence-electron chi connectivity index (χ4n) is 3.66. The number of nitro groups is 2. The number of rotatable bonds is 10. The Labute approximate surface area is 256 Å². The normalized spacial score (nSPS) is 16.7. The molecule has 0 unspecified atom stereocenters. The second kappa shape index (κ2) is 13.1. The van der Waals surface area contributed by atoms with Crippen LogP contribution in [0.3, 0.4) is 0 Å². The third-order valence-corrected chi connectivity index (χ3v) is 8.78. The number of thiocarbonyl (C=S) groups is 2. The van der Waals surface area contributed by atoms with Crippen LogP contribution >= 0.6 is 48.0 Å². The number of benzene rings is 2. The summed E-state index contributed by atoms with van der Waals surface area (Å²) < 4.78 is 0.316. The van der Waals surface area contributed by atoms with Gasteiger partial charge in [-0.25, -0.2) is 0 Å². The summed E-state index contributed by atoms with van der Waals surface area (Å²) in [7, 11) is 0. The van der Waals surface area contributed by atoms with Crippen LogP contribution < -0.4 is 10.6 Å². The maximum Gasteiger partial charge on any atom is 0.269 e. The second-order valence-electron chi connectivity index (χ2n) is 8.51. The SMILES string of the molecule is O=C(CCN1C(=O)C(=C2SC(=S)N(CCC(=O)Nc3ccc([N+](=O)[O-])cc3)C2=O)SC1=S)Nc1ccc([N+](=O)[O-])cc1. The second-order valence-corrected chi connectivity index (χ2v) is 11.8. The molecule has 2 aliphatic heterocycles. The van der Waals surface area contributed by atoms with Crippen LogP contribution in [0.15, 0.2) is 58.3 Å². The third-order valence-electron chi connectivity index (χ3n) is 5.75. The van der Waals surface area contributed by atoms with Crippen LogP contribution in [0.5, 0.6) is 0 Å². The number of nitro benzene ring substituents is 2. The standard InChI is InChI=1S/C24H18N6O8S4/c31-17(25-13-1-5-15(6-2-13)29(35)36)9-11-27-21(33)19(41-23(27)39)20-22(34)28(24(40)42-20)12-10-18(32)26-14-3-7-16(8-4-14)30(37)38/h1-8H,9-12H2,(H,25,31)(H,26,32). The molecule has 18 heteroatoms. The summed E-state index contributed by atoms with van der Waals surface area (Å²) in [5.74, 6) is -2.00. The van der Waals surface area contributed by atoms with Crippen LogP contribution in [0.25, 0.3) is 0 Å². The molecule has 2 fully saturated rings. The molecular formula is C24H18N6O8S4. The van der Waals surface area contributed by atoms with Crippen LogP contribution in [-0.2, 0) is 19.2 Å². The van der Waals surface area contributed by atoms with Gasteiger partial charge in [-0.15, -0.1) is 0 Å². The van der Waals surface area contributed by atoms with Crippen molar-refractivity contribution in [2.75, 3.05) is 23.7 Å². The van der Waals surface area contributed by atoms with Gasteiger partial charge in [0.25, 0.3) is 23.2 Å². The molecule has 216 valence electrons. The first-order chi connectivity index (χ1) is 19.9. The first kappa shape index (κ1) is 30.7. The smallest absolute Gasteiger partial charge is 0.269 e. The third kappa shape index (κ3) is 7.14. The van der Waals surface area contributed by atoms with Gasteiger partial charge in [-0.05, 0) is 24.3 Å². The van der Waals surface area contributed by atoms with E-state index in [9.17, 15) is 39.4 Å². The first-order valence-corrected chi connectivity index (χ1v) is 14.3. The number of hydrogen-bond donors (Lipinski definition) is 2. The first-order valence-electron chi connectivity index (χ1n) is 11.8. The molecule has 2 N–H and O–H groups in total. The number of hydrogen-bond acceptors (Lipinski definition) is 12. The number of thioether (sulfide) groups is 2. The van der Waals surface area contributed by atoms with Crippen LogP contribution in [0.1, 0.15) is 12.8 Å². The zero-order valence-corrected chi connectivity index (χ0v) is 24.4. The van der Waals surface area contributed by atoms with Crippen molar-refractivity contribution < 1.29 is 29.0 Å². The van der Waals surface area contributed by atoms with Crippen molar-refractivity contribution in [1.82, 2.24) is 9.80 Å². The van der Waals surface area contributed by atoms with Gasteiger partial charge in [0.2, 0.25) is 11.8 Å². The fourth-order valence-corrected chi connectivity index (χ4v) is 6.43. The molecule has 2 aromatic rings. The Morgan fingerprint density at radius 2 is 1.02 bits per heavy atom. The lowest BCUT2D eigenvalue weighted by atomic mass is 10.2. The van der Waals surface area contributed by atoms with Crippen molar-refractivity contribution in [2.24, 2.45) is 0 Å². The number of non-ortho nitro benzene ring substituents is 2. The molecule has 0 aliphatic carbocycles. The van der Waals surface area contributed by atoms with Crippen molar-refractivity contribution in [3.05, 3.63) is 78.6 Å². The summed E-state index contributed by atoms with van der Waals surface area (Å²) in [6, 6.07) is 10.5. The summed E-state index contributed by atoms with van der Waals surface area (Å²) in [5, 5.41) is 26.7. The monoisotopic (exact) mass is 646 g/mol. The minimum atomic E-state index is -0.560. The van der Waals surface area contributed by atoms with E-state index >= 15 is 0 Å². The lowest BCUT2D eigenvalue weighted by Crippen LogP contribution is -2.33. The van der Waals surface area contributed by atoms with Gasteiger partial charge in [-0.3, -0.25) is 49.2 Å². The molecule has 2 heterocycles. The van der Waals surface area contributed by atoms with Crippen LogP contribution in [0, 0.1) is 20.2 Å². The van der Waals surface area contributed by atoms with Gasteiger partial charge in [0.15, 0.2) is 0 Å². The fraction of sp³-hybridized carbons (Fsp3) is 0.167. The van der Waals surface area contributed by atoms with E-state index in [1.807, 2.05) is 0 Å². The maximum atomic E-state index is 13.1. The Morgan fingerprint density at radius 1 is 0.690 bits per heavy atom. The average molecular weight is 647 g/mol. The molecule has 0 spiro atoms. The van der Waals surface area contributed by atoms with E-state index in [1.54, 1.807) is 0 Å². The lowest BCUT2D eigenvalue weighted by Gasteiger charge is -2.14. The summed E-state index contributed by atoms with van der Waals surface area (Å²) in [6.45, 7) is -0.119. The van der Waals surface area contributed by atoms with Gasteiger partial charge >= 0.3 is 0 Å². The van der Waals surface area contributed by atoms with Crippen LogP contribution in [0.4, 0.5) is 22.7 Å². The summed E-state index contributed by atoms with van der Waals surface area (Å²) >= 11 is 12.4. The molecule has 0 radical (unpaired) electrons. The van der Waals surface area contributed by atoms with Crippen molar-refractivity contribution in [3.8, 4) is 0 Å². The van der Waals surface area contributed by atoms with E-state index in [1.165, 1.54) is 58.3 Å². The highest BCUT2D eigenvalue weighted by Gasteiger charge is 2.42. The highest BCUT2D eigenvalue weighted by molar-refractivity contribution is 8.29. The van der Waals surface area contributed by atoms with Crippen molar-refractivity contribution in [1.29, 1.82) is 0 Å². The Hall–Kier alpha value is -4.26. The number of carbonyl (C=O) groups is 4. The molecule has 2 saturated heterocycles. The zero-order chi connectivity index (χ0) is 30.6. The summed E-state index contributed by atoms with van der Waals surface area (Å²) in [6.07, 6.45) is -0.247. The van der Waals surface area contributed by atoms with Gasteiger partial charge in [-0.2, -0.15) is 0 Å². The lowest BCUT2D eigenvalue weighted by molar-refractivity contribution is -0.385. The van der Waals surface area contributed by atoms with Gasteiger partial charge in [0, 0.05) is 61.6 Å². The molecule has 4 amide bonds. The number of anilines is 2. The minimum absolute atomic E-state index is 0.0594. The van der Waals surface area contributed by atoms with E-state index in [2.05, 4.69) is 10.6 Å². The largest absolute Gasteiger partial charge is 0.326 e. The highest BCUT2D eigenvalue weighted by atomic mass is 32.2. The Morgan fingerprint density at radius 3 is 1.33 bits per heavy atom. The quantitative estimate of drug-likeness (QED) is 0.165. The van der Waals surface area contributed by atoms with Crippen molar-refractivity contribution >= 4 is 103 Å². The van der Waals surface area contributed by atoms with E-state index in [4.69, 9.17) is 24.4 Å². The van der Waals surface area contributed by atoms with E-state index < -0.39 is 33.5 Å². The van der Waals surface area contributed by atoms with Crippen molar-refractivity contribution in [2.45, 2.75) is 12.8 Å². The summed E-state index contributed by atoms with van der Waals surface area (Å²) in [4.78, 5) is 73.9. The topological polar surface area (TPSA) is 185 Å². The van der Waals surface area contributed by atoms with E-state index in [0.717, 1.165) is 23.5 Å². The average Bonchev–Trinajstić information content (AvgIpc) is 3.39. The van der Waals surface area contributed by atoms with Gasteiger partial charge < -0.3 is 10.6 Å². The molecule has 42 heavy (non-hydrogen) atoms. The predicted octanol–water partition coefficient (Wildman–Crippen LogP) is 3.79. The van der Waals surface area contributed by atoms with Crippen LogP contribution in [-0.4, -0.2) is 65.0 Å². The molecule has 2 aliphatic rings. The van der Waals surface area contributed by atoms with E-state index in [-0.39, 0.29) is 55.8 Å². The van der Waals surface area contributed by atoms with Gasteiger partial charge in [0.05, 0.1) is 19.7 Å². The number of nitrogens with one attached hydrogen (secondary N) is 2. The van der Waals surface area contributed by atoms with Crippen molar-refractivity contribution in [3.63, 3.8) is 0 Å². The van der Waals surface area contributed by atoms with Gasteiger partial charge in [0.1, 0.15) is 8.64 Å². The number of carbonyl (C=O) groups excluding carboxylic acids is 4. The molecule has 0 aromatic heterocycles. The van der Waals surface area contributed by atoms with Gasteiger partial charge in [-0.1, -0.05) is 48.0 Å². The minimum Gasteiger partial charge on any atom is -0.326 e. The molecule has 2 aromatic carbocycles. The molecular weight excluding hydrogens is 629 g/mol. The Balaban J connectivity index is 1.32. The molecule has 4 rings (SSSR count). The highest BCUT2D eigenvalue weighted by Crippen LogP contribution is 2.42. The Bertz CT molecular complexity index is 1450. The predicted molar refractivity (Wildman–Crippen MR) is 164 cm³/mol.